The molecule has 9 heteroatoms. The highest BCUT2D eigenvalue weighted by molar-refractivity contribution is 7.97. The number of nitrogens with zero attached hydrogens (tertiary/aromatic N) is 3. The van der Waals surface area contributed by atoms with E-state index in [2.05, 4.69) is 25.7 Å². The lowest BCUT2D eigenvalue weighted by atomic mass is 9.96. The Morgan fingerprint density at radius 3 is 2.83 bits per heavy atom. The molecule has 0 aliphatic carbocycles. The number of anilines is 1. The van der Waals surface area contributed by atoms with Crippen LogP contribution >= 0.6 is 11.9 Å². The molecular weight excluding hydrogens is 400 g/mol. The maximum Gasteiger partial charge on any atom is 0.261 e. The molecule has 30 heavy (non-hydrogen) atoms. The third kappa shape index (κ3) is 4.67. The zero-order valence-electron chi connectivity index (χ0n) is 16.5. The molecule has 1 aromatic carbocycles. The molecule has 0 bridgehead atoms. The fraction of sp³-hybridized carbons (Fsp3) is 0.381. The van der Waals surface area contributed by atoms with Gasteiger partial charge in [-0.3, -0.25) is 4.79 Å². The third-order valence-electron chi connectivity index (χ3n) is 5.22. The highest BCUT2D eigenvalue weighted by Gasteiger charge is 2.27. The summed E-state index contributed by atoms with van der Waals surface area (Å²) >= 11 is 1.73. The van der Waals surface area contributed by atoms with Crippen LogP contribution in [-0.2, 0) is 4.74 Å². The van der Waals surface area contributed by atoms with Gasteiger partial charge in [-0.15, -0.1) is 0 Å². The maximum absolute atomic E-state index is 12.5. The quantitative estimate of drug-likeness (QED) is 0.370. The molecule has 4 rings (SSSR count). The molecule has 2 atom stereocenters. The summed E-state index contributed by atoms with van der Waals surface area (Å²) in [5.41, 5.74) is 7.37. The second kappa shape index (κ2) is 9.34. The Bertz CT molecular complexity index is 1010. The van der Waals surface area contributed by atoms with Crippen LogP contribution < -0.4 is 16.6 Å². The Hall–Kier alpha value is -2.80. The normalized spacial score (nSPS) is 22.2. The lowest BCUT2D eigenvalue weighted by Gasteiger charge is -2.29. The molecule has 1 aromatic heterocycles. The number of hydrogen-bond acceptors (Lipinski definition) is 7. The number of aromatic nitrogens is 1. The third-order valence-corrected chi connectivity index (χ3v) is 6.32. The summed E-state index contributed by atoms with van der Waals surface area (Å²) in [5.74, 6) is -0.0757. The highest BCUT2D eigenvalue weighted by atomic mass is 32.2. The molecule has 1 unspecified atom stereocenters. The van der Waals surface area contributed by atoms with Crippen LogP contribution in [0, 0.1) is 17.2 Å². The van der Waals surface area contributed by atoms with Crippen molar-refractivity contribution in [2.24, 2.45) is 16.6 Å². The zero-order valence-corrected chi connectivity index (χ0v) is 17.3. The lowest BCUT2D eigenvalue weighted by molar-refractivity contribution is 0.0699. The lowest BCUT2D eigenvalue weighted by Crippen LogP contribution is -2.39. The summed E-state index contributed by atoms with van der Waals surface area (Å²) in [6, 6.07) is 11.6. The molecule has 2 fully saturated rings. The van der Waals surface area contributed by atoms with E-state index in [4.69, 9.17) is 10.5 Å². The molecule has 3 heterocycles. The smallest absolute Gasteiger partial charge is 0.261 e. The maximum atomic E-state index is 12.5. The minimum Gasteiger partial charge on any atom is -0.383 e. The molecule has 0 radical (unpaired) electrons. The average molecular weight is 425 g/mol. The van der Waals surface area contributed by atoms with Crippen LogP contribution in [0.3, 0.4) is 0 Å². The molecule has 2 aliphatic rings. The second-order valence-corrected chi connectivity index (χ2v) is 8.48. The number of H-pyrrole nitrogens is 1. The van der Waals surface area contributed by atoms with Crippen molar-refractivity contribution < 1.29 is 4.74 Å². The Kier molecular flexibility index (Phi) is 6.38. The summed E-state index contributed by atoms with van der Waals surface area (Å²) < 4.78 is 7.80. The number of nitrogens with two attached hydrogens (primary N) is 1. The monoisotopic (exact) mass is 424 g/mol. The summed E-state index contributed by atoms with van der Waals surface area (Å²) in [4.78, 5) is 20.8. The Balaban J connectivity index is 1.55. The van der Waals surface area contributed by atoms with Gasteiger partial charge in [0.15, 0.2) is 0 Å². The molecule has 0 spiro atoms. The number of pyridine rings is 1. The number of nitrogens with one attached hydrogen (secondary N) is 2. The van der Waals surface area contributed by atoms with Gasteiger partial charge in [0.2, 0.25) is 0 Å². The summed E-state index contributed by atoms with van der Waals surface area (Å²) in [6.45, 7) is 3.19. The minimum atomic E-state index is -0.337. The van der Waals surface area contributed by atoms with Gasteiger partial charge in [-0.2, -0.15) is 5.26 Å². The van der Waals surface area contributed by atoms with Crippen LogP contribution in [0.2, 0.25) is 0 Å². The summed E-state index contributed by atoms with van der Waals surface area (Å²) in [7, 11) is 0. The van der Waals surface area contributed by atoms with Crippen LogP contribution in [0.1, 0.15) is 18.4 Å². The summed E-state index contributed by atoms with van der Waals surface area (Å²) in [6.07, 6.45) is 3.45. The molecule has 0 amide bonds. The summed E-state index contributed by atoms with van der Waals surface area (Å²) in [5, 5.41) is 12.7. The van der Waals surface area contributed by atoms with Crippen LogP contribution in [0.4, 0.5) is 11.4 Å². The first-order chi connectivity index (χ1) is 14.6. The van der Waals surface area contributed by atoms with E-state index < -0.39 is 0 Å². The molecular formula is C21H24N6O2S. The molecule has 4 N–H and O–H groups in total. The van der Waals surface area contributed by atoms with Crippen LogP contribution in [-0.4, -0.2) is 47.5 Å². The molecule has 2 saturated heterocycles. The SMILES string of the molecule is N#CC1CCOC[C@@H]1Nc1cc[nH]c(=O)c1C(N)=Nc1ccc(SN2CCC2)cc1. The highest BCUT2D eigenvalue weighted by Crippen LogP contribution is 2.29. The van der Waals surface area contributed by atoms with Crippen LogP contribution in [0.5, 0.6) is 0 Å². The number of benzene rings is 1. The van der Waals surface area contributed by atoms with E-state index in [0.717, 1.165) is 18.0 Å². The number of nitriles is 1. The van der Waals surface area contributed by atoms with E-state index in [9.17, 15) is 10.1 Å². The number of rotatable bonds is 6. The van der Waals surface area contributed by atoms with Crippen molar-refractivity contribution in [3.8, 4) is 6.07 Å². The standard InChI is InChI=1S/C21H24N6O2S/c22-12-14-7-11-29-13-18(14)26-17-6-8-24-21(28)19(17)20(23)25-15-2-4-16(5-3-15)30-27-9-1-10-27/h2-6,8,14,18H,1,7,9-11,13H2,(H2,23,25)(H2,24,26,28)/t14?,18-/m0/s1. The van der Waals surface area contributed by atoms with E-state index in [1.165, 1.54) is 6.42 Å². The first kappa shape index (κ1) is 20.5. The number of amidine groups is 1. The predicted octanol–water partition coefficient (Wildman–Crippen LogP) is 2.47. The predicted molar refractivity (Wildman–Crippen MR) is 118 cm³/mol. The number of ether oxygens (including phenoxy) is 1. The van der Waals surface area contributed by atoms with Gasteiger partial charge >= 0.3 is 0 Å². The van der Waals surface area contributed by atoms with Gasteiger partial charge in [0.25, 0.3) is 5.56 Å². The van der Waals surface area contributed by atoms with Crippen molar-refractivity contribution in [2.75, 3.05) is 31.6 Å². The zero-order chi connectivity index (χ0) is 20.9. The number of aliphatic imine (C=N–C) groups is 1. The van der Waals surface area contributed by atoms with Gasteiger partial charge in [0.05, 0.1) is 36.0 Å². The van der Waals surface area contributed by atoms with Crippen molar-refractivity contribution in [1.29, 1.82) is 5.26 Å². The average Bonchev–Trinajstić information content (AvgIpc) is 2.72. The Morgan fingerprint density at radius 2 is 2.13 bits per heavy atom. The largest absolute Gasteiger partial charge is 0.383 e. The molecule has 2 aliphatic heterocycles. The van der Waals surface area contributed by atoms with E-state index in [1.54, 1.807) is 24.2 Å². The van der Waals surface area contributed by atoms with Gasteiger partial charge in [-0.1, -0.05) is 0 Å². The minimum absolute atomic E-state index is 0.118. The molecule has 0 saturated carbocycles. The topological polar surface area (TPSA) is 120 Å². The van der Waals surface area contributed by atoms with Gasteiger partial charge < -0.3 is 20.8 Å². The number of aromatic amines is 1. The fourth-order valence-corrected chi connectivity index (χ4v) is 4.39. The Labute approximate surface area is 179 Å². The van der Waals surface area contributed by atoms with E-state index >= 15 is 0 Å². The van der Waals surface area contributed by atoms with Crippen molar-refractivity contribution in [1.82, 2.24) is 9.29 Å². The van der Waals surface area contributed by atoms with E-state index in [1.807, 2.05) is 24.3 Å². The van der Waals surface area contributed by atoms with Crippen molar-refractivity contribution >= 4 is 29.2 Å². The second-order valence-electron chi connectivity index (χ2n) is 7.31. The molecule has 156 valence electrons. The van der Waals surface area contributed by atoms with E-state index in [0.29, 0.717) is 31.0 Å². The van der Waals surface area contributed by atoms with Crippen LogP contribution in [0.15, 0.2) is 51.2 Å². The van der Waals surface area contributed by atoms with Gasteiger partial charge in [0, 0.05) is 30.8 Å². The number of hydrogen-bond donors (Lipinski definition) is 3. The van der Waals surface area contributed by atoms with E-state index in [-0.39, 0.29) is 28.9 Å². The van der Waals surface area contributed by atoms with Crippen molar-refractivity contribution in [3.63, 3.8) is 0 Å². The van der Waals surface area contributed by atoms with Crippen molar-refractivity contribution in [3.05, 3.63) is 52.4 Å². The van der Waals surface area contributed by atoms with Crippen LogP contribution in [0.25, 0.3) is 0 Å². The first-order valence-corrected chi connectivity index (χ1v) is 10.7. The first-order valence-electron chi connectivity index (χ1n) is 9.97. The fourth-order valence-electron chi connectivity index (χ4n) is 3.39. The van der Waals surface area contributed by atoms with Gasteiger partial charge in [0.1, 0.15) is 11.4 Å². The van der Waals surface area contributed by atoms with Gasteiger partial charge in [-0.05, 0) is 55.1 Å². The molecule has 8 nitrogen and oxygen atoms in total. The molecule has 2 aromatic rings. The Morgan fingerprint density at radius 1 is 1.33 bits per heavy atom. The van der Waals surface area contributed by atoms with Crippen molar-refractivity contribution in [2.45, 2.75) is 23.8 Å². The van der Waals surface area contributed by atoms with Gasteiger partial charge in [-0.25, -0.2) is 9.30 Å².